The fraction of sp³-hybridized carbons (Fsp3) is 0.250. The molecule has 1 nitrogen and oxygen atoms in total. The second-order valence-electron chi connectivity index (χ2n) is 4.84. The highest BCUT2D eigenvalue weighted by Crippen LogP contribution is 2.32. The Balaban J connectivity index is 2.37. The first-order valence-electron chi connectivity index (χ1n) is 6.43. The summed E-state index contributed by atoms with van der Waals surface area (Å²) in [6, 6.07) is 10.5. The van der Waals surface area contributed by atoms with Gasteiger partial charge >= 0.3 is 6.18 Å². The topological polar surface area (TPSA) is 12.0 Å². The average molecular weight is 314 g/mol. The van der Waals surface area contributed by atoms with Gasteiger partial charge < -0.3 is 5.32 Å². The van der Waals surface area contributed by atoms with E-state index in [0.29, 0.717) is 5.02 Å². The third kappa shape index (κ3) is 3.57. The summed E-state index contributed by atoms with van der Waals surface area (Å²) in [6.07, 6.45) is -4.32. The van der Waals surface area contributed by atoms with E-state index in [4.69, 9.17) is 11.6 Å². The van der Waals surface area contributed by atoms with Crippen molar-refractivity contribution in [3.8, 4) is 0 Å². The largest absolute Gasteiger partial charge is 0.416 e. The molecule has 0 aliphatic rings. The van der Waals surface area contributed by atoms with Crippen LogP contribution in [0.3, 0.4) is 0 Å². The molecule has 2 rings (SSSR count). The Kier molecular flexibility index (Phi) is 4.59. The molecule has 112 valence electrons. The monoisotopic (exact) mass is 313 g/mol. The fourth-order valence-electron chi connectivity index (χ4n) is 2.33. The van der Waals surface area contributed by atoms with E-state index in [2.05, 4.69) is 5.32 Å². The Morgan fingerprint density at radius 1 is 1.05 bits per heavy atom. The van der Waals surface area contributed by atoms with Crippen LogP contribution in [0.5, 0.6) is 0 Å². The van der Waals surface area contributed by atoms with Crippen LogP contribution >= 0.6 is 11.6 Å². The van der Waals surface area contributed by atoms with E-state index >= 15 is 0 Å². The van der Waals surface area contributed by atoms with Crippen LogP contribution in [0.15, 0.2) is 42.5 Å². The second kappa shape index (κ2) is 6.08. The molecule has 0 saturated heterocycles. The highest BCUT2D eigenvalue weighted by atomic mass is 35.5. The SMILES string of the molecule is CNC(c1ccc(C(F)(F)F)cc1)c1ccc(Cl)cc1C. The molecule has 2 aromatic carbocycles. The number of nitrogens with one attached hydrogen (secondary N) is 1. The molecule has 0 saturated carbocycles. The van der Waals surface area contributed by atoms with Crippen molar-refractivity contribution in [2.45, 2.75) is 19.1 Å². The van der Waals surface area contributed by atoms with Crippen LogP contribution in [0.1, 0.15) is 28.3 Å². The van der Waals surface area contributed by atoms with Gasteiger partial charge in [-0.2, -0.15) is 13.2 Å². The molecule has 21 heavy (non-hydrogen) atoms. The maximum absolute atomic E-state index is 12.6. The first-order chi connectivity index (χ1) is 9.82. The van der Waals surface area contributed by atoms with Gasteiger partial charge in [-0.15, -0.1) is 0 Å². The highest BCUT2D eigenvalue weighted by molar-refractivity contribution is 6.30. The molecule has 0 amide bonds. The maximum atomic E-state index is 12.6. The highest BCUT2D eigenvalue weighted by Gasteiger charge is 2.30. The van der Waals surface area contributed by atoms with Gasteiger partial charge in [0, 0.05) is 5.02 Å². The van der Waals surface area contributed by atoms with Crippen LogP contribution < -0.4 is 5.32 Å². The molecule has 1 unspecified atom stereocenters. The summed E-state index contributed by atoms with van der Waals surface area (Å²) >= 11 is 5.94. The lowest BCUT2D eigenvalue weighted by Gasteiger charge is -2.20. The Morgan fingerprint density at radius 2 is 1.67 bits per heavy atom. The van der Waals surface area contributed by atoms with E-state index in [-0.39, 0.29) is 6.04 Å². The summed E-state index contributed by atoms with van der Waals surface area (Å²) in [4.78, 5) is 0. The van der Waals surface area contributed by atoms with Crippen molar-refractivity contribution in [3.63, 3.8) is 0 Å². The Bertz CT molecular complexity index is 620. The van der Waals surface area contributed by atoms with Crippen molar-refractivity contribution in [1.82, 2.24) is 5.32 Å². The molecule has 0 aliphatic carbocycles. The number of alkyl halides is 3. The molecule has 0 aliphatic heterocycles. The van der Waals surface area contributed by atoms with E-state index < -0.39 is 11.7 Å². The van der Waals surface area contributed by atoms with Gasteiger partial charge in [0.1, 0.15) is 0 Å². The van der Waals surface area contributed by atoms with E-state index in [0.717, 1.165) is 28.8 Å². The van der Waals surface area contributed by atoms with Crippen molar-refractivity contribution < 1.29 is 13.2 Å². The zero-order chi connectivity index (χ0) is 15.6. The van der Waals surface area contributed by atoms with Gasteiger partial charge in [0.2, 0.25) is 0 Å². The predicted molar refractivity (Wildman–Crippen MR) is 78.5 cm³/mol. The summed E-state index contributed by atoms with van der Waals surface area (Å²) in [5.74, 6) is 0. The minimum absolute atomic E-state index is 0.176. The van der Waals surface area contributed by atoms with Gasteiger partial charge in [-0.25, -0.2) is 0 Å². The third-order valence-corrected chi connectivity index (χ3v) is 3.64. The van der Waals surface area contributed by atoms with Crippen LogP contribution in [0.25, 0.3) is 0 Å². The molecule has 2 aromatic rings. The van der Waals surface area contributed by atoms with Gasteiger partial charge in [-0.05, 0) is 54.9 Å². The molecule has 0 aromatic heterocycles. The van der Waals surface area contributed by atoms with Crippen LogP contribution in [0, 0.1) is 6.92 Å². The minimum Gasteiger partial charge on any atom is -0.309 e. The van der Waals surface area contributed by atoms with Gasteiger partial charge in [-0.1, -0.05) is 29.8 Å². The zero-order valence-corrected chi connectivity index (χ0v) is 12.4. The summed E-state index contributed by atoms with van der Waals surface area (Å²) in [5.41, 5.74) is 2.10. The Labute approximate surface area is 126 Å². The lowest BCUT2D eigenvalue weighted by atomic mass is 9.94. The quantitative estimate of drug-likeness (QED) is 0.843. The molecule has 5 heteroatoms. The zero-order valence-electron chi connectivity index (χ0n) is 11.6. The molecule has 0 heterocycles. The van der Waals surface area contributed by atoms with E-state index in [9.17, 15) is 13.2 Å². The van der Waals surface area contributed by atoms with E-state index in [1.165, 1.54) is 12.1 Å². The molecular weight excluding hydrogens is 299 g/mol. The normalized spacial score (nSPS) is 13.2. The van der Waals surface area contributed by atoms with Crippen molar-refractivity contribution in [2.75, 3.05) is 7.05 Å². The van der Waals surface area contributed by atoms with E-state index in [1.807, 2.05) is 19.1 Å². The summed E-state index contributed by atoms with van der Waals surface area (Å²) in [5, 5.41) is 3.77. The van der Waals surface area contributed by atoms with Crippen molar-refractivity contribution >= 4 is 11.6 Å². The molecule has 0 spiro atoms. The molecule has 0 radical (unpaired) electrons. The van der Waals surface area contributed by atoms with Gasteiger partial charge in [-0.3, -0.25) is 0 Å². The standard InChI is InChI=1S/C16H15ClF3N/c1-10-9-13(17)7-8-14(10)15(21-2)11-3-5-12(6-4-11)16(18,19)20/h3-9,15,21H,1-2H3. The van der Waals surface area contributed by atoms with Crippen LogP contribution in [0.4, 0.5) is 13.2 Å². The molecule has 1 N–H and O–H groups in total. The van der Waals surface area contributed by atoms with Gasteiger partial charge in [0.15, 0.2) is 0 Å². The number of rotatable bonds is 3. The lowest BCUT2D eigenvalue weighted by Crippen LogP contribution is -2.19. The van der Waals surface area contributed by atoms with Crippen molar-refractivity contribution in [2.24, 2.45) is 0 Å². The predicted octanol–water partition coefficient (Wildman–Crippen LogP) is 4.98. The molecule has 1 atom stereocenters. The fourth-order valence-corrected chi connectivity index (χ4v) is 2.56. The van der Waals surface area contributed by atoms with Crippen LogP contribution in [-0.2, 0) is 6.18 Å². The Morgan fingerprint density at radius 3 is 2.14 bits per heavy atom. The first kappa shape index (κ1) is 15.9. The number of benzene rings is 2. The number of aryl methyl sites for hydroxylation is 1. The number of hydrogen-bond donors (Lipinski definition) is 1. The lowest BCUT2D eigenvalue weighted by molar-refractivity contribution is -0.137. The van der Waals surface area contributed by atoms with Gasteiger partial charge in [0.05, 0.1) is 11.6 Å². The number of hydrogen-bond acceptors (Lipinski definition) is 1. The average Bonchev–Trinajstić information content (AvgIpc) is 2.41. The third-order valence-electron chi connectivity index (χ3n) is 3.40. The number of halogens is 4. The summed E-state index contributed by atoms with van der Waals surface area (Å²) in [7, 11) is 1.77. The molecule has 0 fully saturated rings. The van der Waals surface area contributed by atoms with Gasteiger partial charge in [0.25, 0.3) is 0 Å². The smallest absolute Gasteiger partial charge is 0.309 e. The minimum atomic E-state index is -4.32. The maximum Gasteiger partial charge on any atom is 0.416 e. The molecular formula is C16H15ClF3N. The first-order valence-corrected chi connectivity index (χ1v) is 6.81. The van der Waals surface area contributed by atoms with E-state index in [1.54, 1.807) is 13.1 Å². The molecule has 0 bridgehead atoms. The summed E-state index contributed by atoms with van der Waals surface area (Å²) < 4.78 is 37.8. The Hall–Kier alpha value is -1.52. The van der Waals surface area contributed by atoms with Crippen molar-refractivity contribution in [1.29, 1.82) is 0 Å². The van der Waals surface area contributed by atoms with Crippen molar-refractivity contribution in [3.05, 3.63) is 69.7 Å². The van der Waals surface area contributed by atoms with Crippen LogP contribution in [0.2, 0.25) is 5.02 Å². The summed E-state index contributed by atoms with van der Waals surface area (Å²) in [6.45, 7) is 1.93. The second-order valence-corrected chi connectivity index (χ2v) is 5.28. The van der Waals surface area contributed by atoms with Crippen LogP contribution in [-0.4, -0.2) is 7.05 Å².